The summed E-state index contributed by atoms with van der Waals surface area (Å²) < 4.78 is 5.43. The molecule has 0 atom stereocenters. The summed E-state index contributed by atoms with van der Waals surface area (Å²) in [6, 6.07) is 7.56. The largest absolute Gasteiger partial charge is 0.444 e. The molecule has 1 aromatic carbocycles. The van der Waals surface area contributed by atoms with Crippen LogP contribution in [-0.4, -0.2) is 49.1 Å². The molecule has 1 saturated heterocycles. The van der Waals surface area contributed by atoms with Crippen molar-refractivity contribution in [2.24, 2.45) is 0 Å². The third kappa shape index (κ3) is 4.23. The van der Waals surface area contributed by atoms with Crippen molar-refractivity contribution in [2.45, 2.75) is 32.8 Å². The number of benzene rings is 1. The molecule has 1 heterocycles. The highest BCUT2D eigenvalue weighted by Gasteiger charge is 2.24. The van der Waals surface area contributed by atoms with Gasteiger partial charge in [-0.25, -0.2) is 4.79 Å². The fourth-order valence-electron chi connectivity index (χ4n) is 2.54. The standard InChI is InChI=1S/C17H24N2O3/c1-17(2,3)22-16(21)19-10-6-9-18(11-12-19)15-8-5-4-7-14(15)13-20/h4-5,7-8,13H,6,9-12H2,1-3H3. The number of para-hydroxylation sites is 1. The van der Waals surface area contributed by atoms with Crippen molar-refractivity contribution in [3.8, 4) is 0 Å². The Hall–Kier alpha value is -2.04. The van der Waals surface area contributed by atoms with Gasteiger partial charge in [-0.3, -0.25) is 4.79 Å². The first kappa shape index (κ1) is 16.3. The van der Waals surface area contributed by atoms with Gasteiger partial charge in [-0.15, -0.1) is 0 Å². The number of carbonyl (C=O) groups is 2. The van der Waals surface area contributed by atoms with Crippen LogP contribution in [0.25, 0.3) is 0 Å². The number of anilines is 1. The van der Waals surface area contributed by atoms with E-state index in [4.69, 9.17) is 4.74 Å². The van der Waals surface area contributed by atoms with Gasteiger partial charge < -0.3 is 14.5 Å². The molecule has 1 aromatic rings. The summed E-state index contributed by atoms with van der Waals surface area (Å²) in [7, 11) is 0. The van der Waals surface area contributed by atoms with Gasteiger partial charge in [0.25, 0.3) is 0 Å². The predicted octanol–water partition coefficient (Wildman–Crippen LogP) is 2.95. The van der Waals surface area contributed by atoms with Crippen molar-refractivity contribution in [2.75, 3.05) is 31.1 Å². The van der Waals surface area contributed by atoms with Crippen LogP contribution in [0, 0.1) is 0 Å². The molecule has 120 valence electrons. The van der Waals surface area contributed by atoms with Crippen molar-refractivity contribution in [1.29, 1.82) is 0 Å². The van der Waals surface area contributed by atoms with Crippen molar-refractivity contribution < 1.29 is 14.3 Å². The normalized spacial score (nSPS) is 16.1. The maximum Gasteiger partial charge on any atom is 0.410 e. The number of ether oxygens (including phenoxy) is 1. The topological polar surface area (TPSA) is 49.9 Å². The van der Waals surface area contributed by atoms with Gasteiger partial charge in [-0.05, 0) is 39.3 Å². The second-order valence-electron chi connectivity index (χ2n) is 6.48. The van der Waals surface area contributed by atoms with Crippen LogP contribution < -0.4 is 4.90 Å². The minimum Gasteiger partial charge on any atom is -0.444 e. The van der Waals surface area contributed by atoms with E-state index in [1.807, 2.05) is 45.0 Å². The predicted molar refractivity (Wildman–Crippen MR) is 86.5 cm³/mol. The molecule has 5 heteroatoms. The number of hydrogen-bond donors (Lipinski definition) is 0. The molecule has 0 spiro atoms. The Bertz CT molecular complexity index is 537. The molecule has 1 aliphatic heterocycles. The van der Waals surface area contributed by atoms with Crippen LogP contribution in [-0.2, 0) is 4.74 Å². The first-order valence-corrected chi connectivity index (χ1v) is 7.68. The Labute approximate surface area is 131 Å². The summed E-state index contributed by atoms with van der Waals surface area (Å²) >= 11 is 0. The SMILES string of the molecule is CC(C)(C)OC(=O)N1CCCN(c2ccccc2C=O)CC1. The molecule has 1 fully saturated rings. The van der Waals surface area contributed by atoms with Crippen LogP contribution in [0.2, 0.25) is 0 Å². The first-order valence-electron chi connectivity index (χ1n) is 7.68. The van der Waals surface area contributed by atoms with Crippen LogP contribution in [0.5, 0.6) is 0 Å². The van der Waals surface area contributed by atoms with Gasteiger partial charge in [0, 0.05) is 37.4 Å². The molecule has 0 N–H and O–H groups in total. The minimum atomic E-state index is -0.479. The lowest BCUT2D eigenvalue weighted by molar-refractivity contribution is 0.0263. The molecule has 0 aliphatic carbocycles. The highest BCUT2D eigenvalue weighted by atomic mass is 16.6. The molecule has 1 amide bonds. The summed E-state index contributed by atoms with van der Waals surface area (Å²) in [4.78, 5) is 27.2. The van der Waals surface area contributed by atoms with Crippen LogP contribution >= 0.6 is 0 Å². The van der Waals surface area contributed by atoms with Crippen molar-refractivity contribution in [1.82, 2.24) is 4.90 Å². The molecule has 0 saturated carbocycles. The van der Waals surface area contributed by atoms with Gasteiger partial charge in [0.15, 0.2) is 6.29 Å². The molecule has 0 unspecified atom stereocenters. The summed E-state index contributed by atoms with van der Waals surface area (Å²) in [5.41, 5.74) is 1.14. The average molecular weight is 304 g/mol. The lowest BCUT2D eigenvalue weighted by atomic mass is 10.1. The maximum atomic E-state index is 12.2. The molecule has 5 nitrogen and oxygen atoms in total. The number of hydrogen-bond acceptors (Lipinski definition) is 4. The van der Waals surface area contributed by atoms with Gasteiger partial charge >= 0.3 is 6.09 Å². The van der Waals surface area contributed by atoms with E-state index in [0.29, 0.717) is 25.2 Å². The molecule has 22 heavy (non-hydrogen) atoms. The number of nitrogens with zero attached hydrogens (tertiary/aromatic N) is 2. The lowest BCUT2D eigenvalue weighted by Crippen LogP contribution is -2.39. The monoisotopic (exact) mass is 304 g/mol. The zero-order valence-electron chi connectivity index (χ0n) is 13.5. The van der Waals surface area contributed by atoms with E-state index < -0.39 is 5.60 Å². The Kier molecular flexibility index (Phi) is 5.06. The summed E-state index contributed by atoms with van der Waals surface area (Å²) in [5, 5.41) is 0. The van der Waals surface area contributed by atoms with Gasteiger partial charge in [0.1, 0.15) is 5.60 Å². The third-order valence-electron chi connectivity index (χ3n) is 3.55. The first-order chi connectivity index (χ1) is 10.4. The molecular formula is C17H24N2O3. The molecule has 2 rings (SSSR count). The van der Waals surface area contributed by atoms with Crippen LogP contribution in [0.3, 0.4) is 0 Å². The van der Waals surface area contributed by atoms with E-state index in [9.17, 15) is 9.59 Å². The fourth-order valence-corrected chi connectivity index (χ4v) is 2.54. The molecule has 1 aliphatic rings. The lowest BCUT2D eigenvalue weighted by Gasteiger charge is -2.27. The quantitative estimate of drug-likeness (QED) is 0.788. The maximum absolute atomic E-state index is 12.2. The third-order valence-corrected chi connectivity index (χ3v) is 3.55. The Morgan fingerprint density at radius 2 is 1.86 bits per heavy atom. The van der Waals surface area contributed by atoms with Crippen LogP contribution in [0.4, 0.5) is 10.5 Å². The van der Waals surface area contributed by atoms with Crippen molar-refractivity contribution in [3.63, 3.8) is 0 Å². The fraction of sp³-hybridized carbons (Fsp3) is 0.529. The van der Waals surface area contributed by atoms with Gasteiger partial charge in [-0.1, -0.05) is 12.1 Å². The zero-order valence-corrected chi connectivity index (χ0v) is 13.5. The minimum absolute atomic E-state index is 0.266. The van der Waals surface area contributed by atoms with Crippen LogP contribution in [0.1, 0.15) is 37.6 Å². The Morgan fingerprint density at radius 3 is 2.55 bits per heavy atom. The van der Waals surface area contributed by atoms with E-state index in [2.05, 4.69) is 4.90 Å². The zero-order chi connectivity index (χ0) is 16.2. The molecule has 0 aromatic heterocycles. The van der Waals surface area contributed by atoms with Crippen LogP contribution in [0.15, 0.2) is 24.3 Å². The van der Waals surface area contributed by atoms with Crippen molar-refractivity contribution >= 4 is 18.1 Å². The summed E-state index contributed by atoms with van der Waals surface area (Å²) in [5.74, 6) is 0. The second-order valence-corrected chi connectivity index (χ2v) is 6.48. The second kappa shape index (κ2) is 6.81. The molecule has 0 radical (unpaired) electrons. The number of aldehydes is 1. The molecule has 0 bridgehead atoms. The Morgan fingerprint density at radius 1 is 1.14 bits per heavy atom. The van der Waals surface area contributed by atoms with Crippen molar-refractivity contribution in [3.05, 3.63) is 29.8 Å². The molecular weight excluding hydrogens is 280 g/mol. The van der Waals surface area contributed by atoms with E-state index in [1.165, 1.54) is 0 Å². The van der Waals surface area contributed by atoms with Gasteiger partial charge in [-0.2, -0.15) is 0 Å². The number of amides is 1. The van der Waals surface area contributed by atoms with Gasteiger partial charge in [0.2, 0.25) is 0 Å². The summed E-state index contributed by atoms with van der Waals surface area (Å²) in [6.07, 6.45) is 1.47. The van der Waals surface area contributed by atoms with E-state index >= 15 is 0 Å². The van der Waals surface area contributed by atoms with E-state index in [-0.39, 0.29) is 6.09 Å². The van der Waals surface area contributed by atoms with Gasteiger partial charge in [0.05, 0.1) is 0 Å². The summed E-state index contributed by atoms with van der Waals surface area (Å²) in [6.45, 7) is 8.41. The number of rotatable bonds is 2. The smallest absolute Gasteiger partial charge is 0.410 e. The highest BCUT2D eigenvalue weighted by Crippen LogP contribution is 2.21. The Balaban J connectivity index is 2.04. The average Bonchev–Trinajstić information content (AvgIpc) is 2.71. The van der Waals surface area contributed by atoms with E-state index in [0.717, 1.165) is 24.9 Å². The highest BCUT2D eigenvalue weighted by molar-refractivity contribution is 5.84. The number of carbonyl (C=O) groups excluding carboxylic acids is 2. The van der Waals surface area contributed by atoms with E-state index in [1.54, 1.807) is 4.90 Å².